The Kier molecular flexibility index (Phi) is 8.41. The number of piperazine rings is 1. The van der Waals surface area contributed by atoms with Crippen molar-refractivity contribution in [3.8, 4) is 5.75 Å². The Balaban J connectivity index is 1.54. The zero-order valence-corrected chi connectivity index (χ0v) is 22.1. The Morgan fingerprint density at radius 1 is 0.917 bits per heavy atom. The molecule has 7 nitrogen and oxygen atoms in total. The maximum atomic E-state index is 13.8. The van der Waals surface area contributed by atoms with Crippen LogP contribution in [0, 0.1) is 0 Å². The molecule has 4 rings (SSSR count). The van der Waals surface area contributed by atoms with Crippen molar-refractivity contribution in [2.45, 2.75) is 11.4 Å². The van der Waals surface area contributed by atoms with Gasteiger partial charge >= 0.3 is 0 Å². The van der Waals surface area contributed by atoms with Gasteiger partial charge < -0.3 is 14.5 Å². The molecule has 1 heterocycles. The quantitative estimate of drug-likeness (QED) is 0.414. The van der Waals surface area contributed by atoms with Gasteiger partial charge in [-0.3, -0.25) is 4.79 Å². The van der Waals surface area contributed by atoms with E-state index in [0.717, 1.165) is 11.3 Å². The predicted octanol–water partition coefficient (Wildman–Crippen LogP) is 4.54. The standard InChI is InChI=1S/C26H27Cl2N3O4S/c1-35-24-11-10-22(28)17-25(24)36(33,34)31(18-20-6-3-2-4-7-20)19-26(32)30-14-12-29(13-15-30)23-9-5-8-21(27)16-23/h2-11,16-17H,12-15,18-19H2,1H3. The summed E-state index contributed by atoms with van der Waals surface area (Å²) in [5, 5.41) is 0.918. The summed E-state index contributed by atoms with van der Waals surface area (Å²) in [4.78, 5) is 17.1. The highest BCUT2D eigenvalue weighted by Gasteiger charge is 2.32. The van der Waals surface area contributed by atoms with Crippen LogP contribution in [0.1, 0.15) is 5.56 Å². The molecular formula is C26H27Cl2N3O4S. The van der Waals surface area contributed by atoms with E-state index in [4.69, 9.17) is 27.9 Å². The summed E-state index contributed by atoms with van der Waals surface area (Å²) in [6.07, 6.45) is 0. The fourth-order valence-electron chi connectivity index (χ4n) is 4.14. The number of hydrogen-bond acceptors (Lipinski definition) is 5. The first-order valence-electron chi connectivity index (χ1n) is 11.4. The van der Waals surface area contributed by atoms with Crippen molar-refractivity contribution in [1.29, 1.82) is 0 Å². The second-order valence-corrected chi connectivity index (χ2v) is 11.2. The third kappa shape index (κ3) is 6.13. The van der Waals surface area contributed by atoms with Gasteiger partial charge in [0.2, 0.25) is 15.9 Å². The zero-order chi connectivity index (χ0) is 25.7. The Bertz CT molecular complexity index is 1310. The number of nitrogens with zero attached hydrogens (tertiary/aromatic N) is 3. The third-order valence-electron chi connectivity index (χ3n) is 6.06. The number of rotatable bonds is 8. The van der Waals surface area contributed by atoms with Crippen LogP contribution in [0.15, 0.2) is 77.7 Å². The molecule has 190 valence electrons. The van der Waals surface area contributed by atoms with Crippen LogP contribution in [-0.4, -0.2) is 63.4 Å². The maximum Gasteiger partial charge on any atom is 0.247 e. The molecule has 1 amide bonds. The molecule has 10 heteroatoms. The van der Waals surface area contributed by atoms with Crippen LogP contribution in [0.25, 0.3) is 0 Å². The Morgan fingerprint density at radius 2 is 1.61 bits per heavy atom. The third-order valence-corrected chi connectivity index (χ3v) is 8.35. The molecule has 0 aliphatic carbocycles. The maximum absolute atomic E-state index is 13.8. The second kappa shape index (κ2) is 11.5. The average Bonchev–Trinajstić information content (AvgIpc) is 2.89. The fraction of sp³-hybridized carbons (Fsp3) is 0.269. The van der Waals surface area contributed by atoms with Gasteiger partial charge in [0, 0.05) is 48.5 Å². The van der Waals surface area contributed by atoms with Crippen molar-refractivity contribution in [1.82, 2.24) is 9.21 Å². The first kappa shape index (κ1) is 26.3. The summed E-state index contributed by atoms with van der Waals surface area (Å²) in [6, 6.07) is 21.2. The largest absolute Gasteiger partial charge is 0.495 e. The normalized spacial score (nSPS) is 14.2. The van der Waals surface area contributed by atoms with Crippen molar-refractivity contribution in [2.75, 3.05) is 44.7 Å². The molecular weight excluding hydrogens is 521 g/mol. The van der Waals surface area contributed by atoms with Crippen LogP contribution in [0.3, 0.4) is 0 Å². The molecule has 1 fully saturated rings. The highest BCUT2D eigenvalue weighted by atomic mass is 35.5. The van der Waals surface area contributed by atoms with E-state index in [1.807, 2.05) is 54.6 Å². The molecule has 36 heavy (non-hydrogen) atoms. The van der Waals surface area contributed by atoms with E-state index in [0.29, 0.717) is 31.2 Å². The Morgan fingerprint density at radius 3 is 2.28 bits per heavy atom. The van der Waals surface area contributed by atoms with Gasteiger partial charge in [-0.15, -0.1) is 0 Å². The second-order valence-electron chi connectivity index (χ2n) is 8.40. The van der Waals surface area contributed by atoms with E-state index in [2.05, 4.69) is 4.90 Å². The van der Waals surface area contributed by atoms with Crippen LogP contribution in [0.2, 0.25) is 10.0 Å². The zero-order valence-electron chi connectivity index (χ0n) is 19.8. The van der Waals surface area contributed by atoms with E-state index < -0.39 is 10.0 Å². The topological polar surface area (TPSA) is 70.2 Å². The number of anilines is 1. The lowest BCUT2D eigenvalue weighted by Crippen LogP contribution is -2.51. The first-order chi connectivity index (χ1) is 17.3. The van der Waals surface area contributed by atoms with Crippen molar-refractivity contribution in [3.63, 3.8) is 0 Å². The first-order valence-corrected chi connectivity index (χ1v) is 13.6. The molecule has 0 spiro atoms. The van der Waals surface area contributed by atoms with E-state index >= 15 is 0 Å². The molecule has 0 unspecified atom stereocenters. The molecule has 0 saturated carbocycles. The molecule has 3 aromatic carbocycles. The predicted molar refractivity (Wildman–Crippen MR) is 142 cm³/mol. The van der Waals surface area contributed by atoms with Gasteiger partial charge in [-0.05, 0) is 42.0 Å². The van der Waals surface area contributed by atoms with Gasteiger partial charge in [-0.25, -0.2) is 8.42 Å². The number of benzene rings is 3. The summed E-state index contributed by atoms with van der Waals surface area (Å²) in [7, 11) is -2.71. The van der Waals surface area contributed by atoms with Crippen LogP contribution in [-0.2, 0) is 21.4 Å². The van der Waals surface area contributed by atoms with Gasteiger partial charge in [-0.2, -0.15) is 4.31 Å². The lowest BCUT2D eigenvalue weighted by Gasteiger charge is -2.37. The molecule has 1 aliphatic heterocycles. The molecule has 3 aromatic rings. The van der Waals surface area contributed by atoms with E-state index in [9.17, 15) is 13.2 Å². The smallest absolute Gasteiger partial charge is 0.247 e. The Labute approximate surface area is 221 Å². The number of sulfonamides is 1. The van der Waals surface area contributed by atoms with Crippen molar-refractivity contribution >= 4 is 44.8 Å². The molecule has 0 aromatic heterocycles. The van der Waals surface area contributed by atoms with E-state index in [-0.39, 0.29) is 34.7 Å². The SMILES string of the molecule is COc1ccc(Cl)cc1S(=O)(=O)N(CC(=O)N1CCN(c2cccc(Cl)c2)CC1)Cc1ccccc1. The Hall–Kier alpha value is -2.78. The molecule has 0 N–H and O–H groups in total. The highest BCUT2D eigenvalue weighted by molar-refractivity contribution is 7.89. The average molecular weight is 548 g/mol. The summed E-state index contributed by atoms with van der Waals surface area (Å²) >= 11 is 12.2. The number of amides is 1. The van der Waals surface area contributed by atoms with Crippen LogP contribution in [0.5, 0.6) is 5.75 Å². The van der Waals surface area contributed by atoms with E-state index in [1.165, 1.54) is 23.5 Å². The monoisotopic (exact) mass is 547 g/mol. The van der Waals surface area contributed by atoms with Crippen molar-refractivity contribution in [3.05, 3.63) is 88.4 Å². The highest BCUT2D eigenvalue weighted by Crippen LogP contribution is 2.30. The minimum Gasteiger partial charge on any atom is -0.495 e. The summed E-state index contributed by atoms with van der Waals surface area (Å²) in [5.41, 5.74) is 1.76. The van der Waals surface area contributed by atoms with E-state index in [1.54, 1.807) is 11.0 Å². The van der Waals surface area contributed by atoms with Gasteiger partial charge in [0.15, 0.2) is 0 Å². The molecule has 1 saturated heterocycles. The molecule has 0 atom stereocenters. The van der Waals surface area contributed by atoms with Crippen LogP contribution in [0.4, 0.5) is 5.69 Å². The van der Waals surface area contributed by atoms with Gasteiger partial charge in [0.25, 0.3) is 0 Å². The van der Waals surface area contributed by atoms with Gasteiger partial charge in [-0.1, -0.05) is 59.6 Å². The fourth-order valence-corrected chi connectivity index (χ4v) is 6.12. The number of halogens is 2. The van der Waals surface area contributed by atoms with Crippen molar-refractivity contribution < 1.29 is 17.9 Å². The van der Waals surface area contributed by atoms with Crippen LogP contribution < -0.4 is 9.64 Å². The number of ether oxygens (including phenoxy) is 1. The summed E-state index contributed by atoms with van der Waals surface area (Å²) in [5.74, 6) is -0.0960. The molecule has 0 radical (unpaired) electrons. The van der Waals surface area contributed by atoms with Crippen LogP contribution >= 0.6 is 23.2 Å². The van der Waals surface area contributed by atoms with Gasteiger partial charge in [0.05, 0.1) is 13.7 Å². The summed E-state index contributed by atoms with van der Waals surface area (Å²) in [6.45, 7) is 1.94. The lowest BCUT2D eigenvalue weighted by atomic mass is 10.2. The lowest BCUT2D eigenvalue weighted by molar-refractivity contribution is -0.131. The minimum absolute atomic E-state index is 0.0348. The van der Waals surface area contributed by atoms with Crippen molar-refractivity contribution in [2.24, 2.45) is 0 Å². The number of carbonyl (C=O) groups excluding carboxylic acids is 1. The summed E-state index contributed by atoms with van der Waals surface area (Å²) < 4.78 is 34.0. The molecule has 0 bridgehead atoms. The number of methoxy groups -OCH3 is 1. The number of carbonyl (C=O) groups is 1. The number of hydrogen-bond donors (Lipinski definition) is 0. The molecule has 1 aliphatic rings. The van der Waals surface area contributed by atoms with Gasteiger partial charge in [0.1, 0.15) is 10.6 Å². The minimum atomic E-state index is -4.11.